The molecule has 0 aromatic rings. The van der Waals surface area contributed by atoms with E-state index in [1.807, 2.05) is 13.2 Å². The van der Waals surface area contributed by atoms with E-state index in [2.05, 4.69) is 15.3 Å². The molecule has 0 bridgehead atoms. The molecule has 0 atom stereocenters. The average Bonchev–Trinajstić information content (AvgIpc) is 2.02. The first-order valence-electron chi connectivity index (χ1n) is 3.65. The van der Waals surface area contributed by atoms with Gasteiger partial charge in [-0.25, -0.2) is 10.2 Å². The summed E-state index contributed by atoms with van der Waals surface area (Å²) in [7, 11) is 0. The quantitative estimate of drug-likeness (QED) is 0.539. The first kappa shape index (κ1) is 11.3. The maximum absolute atomic E-state index is 10.7. The molecular formula is C7H14N2O2S. The lowest BCUT2D eigenvalue weighted by atomic mass is 10.5. The van der Waals surface area contributed by atoms with E-state index in [1.165, 1.54) is 0 Å². The molecule has 0 saturated heterocycles. The Morgan fingerprint density at radius 1 is 1.67 bits per heavy atom. The molecule has 0 fully saturated rings. The Hall–Kier alpha value is -0.710. The van der Waals surface area contributed by atoms with E-state index < -0.39 is 6.09 Å². The first-order valence-corrected chi connectivity index (χ1v) is 5.05. The molecule has 0 rings (SSSR count). The SMILES string of the molecule is CCOC(=O)N/N=C(\C)CSC. The van der Waals surface area contributed by atoms with E-state index in [9.17, 15) is 4.79 Å². The molecule has 1 N–H and O–H groups in total. The Morgan fingerprint density at radius 2 is 2.33 bits per heavy atom. The van der Waals surface area contributed by atoms with Crippen molar-refractivity contribution in [3.05, 3.63) is 0 Å². The molecule has 5 heteroatoms. The van der Waals surface area contributed by atoms with Gasteiger partial charge in [0.15, 0.2) is 0 Å². The third kappa shape index (κ3) is 6.03. The summed E-state index contributed by atoms with van der Waals surface area (Å²) in [5, 5.41) is 3.80. The number of hydrogen-bond acceptors (Lipinski definition) is 4. The molecule has 12 heavy (non-hydrogen) atoms. The van der Waals surface area contributed by atoms with Gasteiger partial charge in [0.25, 0.3) is 0 Å². The second-order valence-electron chi connectivity index (χ2n) is 2.11. The lowest BCUT2D eigenvalue weighted by Gasteiger charge is -2.00. The monoisotopic (exact) mass is 190 g/mol. The van der Waals surface area contributed by atoms with Gasteiger partial charge in [0.05, 0.1) is 6.61 Å². The molecule has 70 valence electrons. The van der Waals surface area contributed by atoms with Crippen molar-refractivity contribution in [1.82, 2.24) is 5.43 Å². The van der Waals surface area contributed by atoms with Crippen molar-refractivity contribution in [3.8, 4) is 0 Å². The average molecular weight is 190 g/mol. The van der Waals surface area contributed by atoms with Gasteiger partial charge in [0, 0.05) is 11.5 Å². The van der Waals surface area contributed by atoms with Crippen LogP contribution in [0.5, 0.6) is 0 Å². The van der Waals surface area contributed by atoms with Crippen molar-refractivity contribution < 1.29 is 9.53 Å². The highest BCUT2D eigenvalue weighted by Crippen LogP contribution is 1.92. The molecule has 0 saturated carbocycles. The van der Waals surface area contributed by atoms with Crippen molar-refractivity contribution >= 4 is 23.6 Å². The van der Waals surface area contributed by atoms with Crippen LogP contribution in [-0.2, 0) is 4.74 Å². The van der Waals surface area contributed by atoms with E-state index in [-0.39, 0.29) is 0 Å². The van der Waals surface area contributed by atoms with Crippen LogP contribution >= 0.6 is 11.8 Å². The predicted molar refractivity (Wildman–Crippen MR) is 51.6 cm³/mol. The van der Waals surface area contributed by atoms with Crippen molar-refractivity contribution in [2.75, 3.05) is 18.6 Å². The molecule has 0 radical (unpaired) electrons. The van der Waals surface area contributed by atoms with Crippen LogP contribution in [0.15, 0.2) is 5.10 Å². The minimum atomic E-state index is -0.502. The van der Waals surface area contributed by atoms with E-state index in [1.54, 1.807) is 18.7 Å². The van der Waals surface area contributed by atoms with E-state index >= 15 is 0 Å². The predicted octanol–water partition coefficient (Wildman–Crippen LogP) is 1.47. The van der Waals surface area contributed by atoms with E-state index in [0.29, 0.717) is 6.61 Å². The van der Waals surface area contributed by atoms with Crippen molar-refractivity contribution in [1.29, 1.82) is 0 Å². The zero-order valence-corrected chi connectivity index (χ0v) is 8.40. The van der Waals surface area contributed by atoms with Crippen LogP contribution in [0.1, 0.15) is 13.8 Å². The third-order valence-corrected chi connectivity index (χ3v) is 1.67. The lowest BCUT2D eigenvalue weighted by Crippen LogP contribution is -2.20. The molecule has 0 aliphatic heterocycles. The van der Waals surface area contributed by atoms with Crippen LogP contribution in [-0.4, -0.2) is 30.4 Å². The van der Waals surface area contributed by atoms with Crippen molar-refractivity contribution in [3.63, 3.8) is 0 Å². The number of nitrogens with one attached hydrogen (secondary N) is 1. The number of ether oxygens (including phenoxy) is 1. The van der Waals surface area contributed by atoms with Crippen LogP contribution in [0.4, 0.5) is 4.79 Å². The van der Waals surface area contributed by atoms with Crippen molar-refractivity contribution in [2.24, 2.45) is 5.10 Å². The normalized spacial score (nSPS) is 11.1. The number of nitrogens with zero attached hydrogens (tertiary/aromatic N) is 1. The molecule has 0 heterocycles. The first-order chi connectivity index (χ1) is 5.70. The maximum Gasteiger partial charge on any atom is 0.427 e. The number of hydrogen-bond donors (Lipinski definition) is 1. The Balaban J connectivity index is 3.63. The standard InChI is InChI=1S/C7H14N2O2S/c1-4-11-7(10)9-8-6(2)5-12-3/h4-5H2,1-3H3,(H,9,10)/b8-6+. The summed E-state index contributed by atoms with van der Waals surface area (Å²) in [5.41, 5.74) is 3.15. The highest BCUT2D eigenvalue weighted by atomic mass is 32.2. The number of carbonyl (C=O) groups is 1. The fourth-order valence-corrected chi connectivity index (χ4v) is 1.03. The summed E-state index contributed by atoms with van der Waals surface area (Å²) in [6, 6.07) is 0. The number of carbonyl (C=O) groups excluding carboxylic acids is 1. The number of rotatable bonds is 4. The minimum absolute atomic E-state index is 0.364. The van der Waals surface area contributed by atoms with Gasteiger partial charge in [-0.1, -0.05) is 0 Å². The van der Waals surface area contributed by atoms with Crippen LogP contribution in [0, 0.1) is 0 Å². The topological polar surface area (TPSA) is 50.7 Å². The Bertz CT molecular complexity index is 171. The van der Waals surface area contributed by atoms with Gasteiger partial charge in [-0.2, -0.15) is 16.9 Å². The maximum atomic E-state index is 10.7. The molecule has 0 aliphatic rings. The van der Waals surface area contributed by atoms with Crippen LogP contribution in [0.3, 0.4) is 0 Å². The van der Waals surface area contributed by atoms with Gasteiger partial charge in [-0.3, -0.25) is 0 Å². The summed E-state index contributed by atoms with van der Waals surface area (Å²) in [6.45, 7) is 3.96. The summed E-state index contributed by atoms with van der Waals surface area (Å²) in [5.74, 6) is 0.812. The van der Waals surface area contributed by atoms with Crippen LogP contribution < -0.4 is 5.43 Å². The fourth-order valence-electron chi connectivity index (χ4n) is 0.546. The van der Waals surface area contributed by atoms with Gasteiger partial charge < -0.3 is 4.74 Å². The van der Waals surface area contributed by atoms with Gasteiger partial charge in [-0.15, -0.1) is 0 Å². The van der Waals surface area contributed by atoms with Crippen LogP contribution in [0.2, 0.25) is 0 Å². The Morgan fingerprint density at radius 3 is 2.83 bits per heavy atom. The largest absolute Gasteiger partial charge is 0.449 e. The fraction of sp³-hybridized carbons (Fsp3) is 0.714. The summed E-state index contributed by atoms with van der Waals surface area (Å²) >= 11 is 1.65. The molecular weight excluding hydrogens is 176 g/mol. The Labute approximate surface area is 76.7 Å². The summed E-state index contributed by atoms with van der Waals surface area (Å²) in [6.07, 6.45) is 1.47. The molecule has 0 unspecified atom stereocenters. The highest BCUT2D eigenvalue weighted by Gasteiger charge is 1.96. The number of thioether (sulfide) groups is 1. The molecule has 4 nitrogen and oxygen atoms in total. The molecule has 1 amide bonds. The Kier molecular flexibility index (Phi) is 6.55. The number of amides is 1. The molecule has 0 aliphatic carbocycles. The van der Waals surface area contributed by atoms with Crippen molar-refractivity contribution in [2.45, 2.75) is 13.8 Å². The number of hydrazone groups is 1. The van der Waals surface area contributed by atoms with Gasteiger partial charge >= 0.3 is 6.09 Å². The lowest BCUT2D eigenvalue weighted by molar-refractivity contribution is 0.152. The molecule has 0 aromatic carbocycles. The van der Waals surface area contributed by atoms with Gasteiger partial charge in [0.1, 0.15) is 0 Å². The summed E-state index contributed by atoms with van der Waals surface area (Å²) in [4.78, 5) is 10.7. The smallest absolute Gasteiger partial charge is 0.427 e. The second-order valence-corrected chi connectivity index (χ2v) is 2.98. The highest BCUT2D eigenvalue weighted by molar-refractivity contribution is 7.99. The third-order valence-electron chi connectivity index (χ3n) is 0.967. The van der Waals surface area contributed by atoms with E-state index in [4.69, 9.17) is 0 Å². The molecule has 0 aromatic heterocycles. The second kappa shape index (κ2) is 6.97. The zero-order valence-electron chi connectivity index (χ0n) is 7.59. The van der Waals surface area contributed by atoms with Gasteiger partial charge in [-0.05, 0) is 20.1 Å². The minimum Gasteiger partial charge on any atom is -0.449 e. The molecule has 0 spiro atoms. The van der Waals surface area contributed by atoms with E-state index in [0.717, 1.165) is 11.5 Å². The van der Waals surface area contributed by atoms with Gasteiger partial charge in [0.2, 0.25) is 0 Å². The zero-order chi connectivity index (χ0) is 9.40. The summed E-state index contributed by atoms with van der Waals surface area (Å²) < 4.78 is 4.61. The van der Waals surface area contributed by atoms with Crippen LogP contribution in [0.25, 0.3) is 0 Å².